The maximum Gasteiger partial charge on any atom is 0.318 e. The van der Waals surface area contributed by atoms with E-state index in [4.69, 9.17) is 21.5 Å². The third kappa shape index (κ3) is 13.6. The molecule has 4 saturated carbocycles. The van der Waals surface area contributed by atoms with Crippen LogP contribution in [0, 0.1) is 29.6 Å². The zero-order valence-corrected chi connectivity index (χ0v) is 42.7. The Kier molecular flexibility index (Phi) is 19.1. The predicted octanol–water partition coefficient (Wildman–Crippen LogP) is 10.7. The topological polar surface area (TPSA) is 170 Å². The Bertz CT molecular complexity index is 1830. The summed E-state index contributed by atoms with van der Waals surface area (Å²) in [6, 6.07) is 8.29. The van der Waals surface area contributed by atoms with Crippen molar-refractivity contribution >= 4 is 29.8 Å². The van der Waals surface area contributed by atoms with Gasteiger partial charge in [-0.05, 0) is 92.1 Å². The Morgan fingerprint density at radius 3 is 1.57 bits per heavy atom. The fraction of sp³-hybridized carbons (Fsp3) is 0.804. The highest BCUT2D eigenvalue weighted by Gasteiger charge is 2.51. The van der Waals surface area contributed by atoms with E-state index in [1.165, 1.54) is 128 Å². The third-order valence-electron chi connectivity index (χ3n) is 17.3. The van der Waals surface area contributed by atoms with E-state index in [1.807, 2.05) is 4.90 Å². The van der Waals surface area contributed by atoms with Crippen LogP contribution in [-0.4, -0.2) is 85.9 Å². The van der Waals surface area contributed by atoms with E-state index in [9.17, 15) is 19.5 Å². The second-order valence-electron chi connectivity index (χ2n) is 23.2. The molecule has 0 bridgehead atoms. The molecule has 8 rings (SSSR count). The fourth-order valence-corrected chi connectivity index (χ4v) is 13.5. The van der Waals surface area contributed by atoms with Gasteiger partial charge in [-0.15, -0.1) is 0 Å². The molecule has 6 N–H and O–H groups in total. The lowest BCUT2D eigenvalue weighted by Gasteiger charge is -2.35. The number of benzene rings is 1. The highest BCUT2D eigenvalue weighted by molar-refractivity contribution is 6.07. The average molecular weight is 941 g/mol. The number of aliphatic hydroxyl groups excluding tert-OH is 1. The van der Waals surface area contributed by atoms with Crippen LogP contribution in [0.5, 0.6) is 0 Å². The maximum atomic E-state index is 14.1. The van der Waals surface area contributed by atoms with Crippen molar-refractivity contribution in [3.8, 4) is 0 Å². The number of hydrogen-bond acceptors (Lipinski definition) is 8. The first kappa shape index (κ1) is 52.2. The summed E-state index contributed by atoms with van der Waals surface area (Å²) in [5.74, 6) is 3.91. The van der Waals surface area contributed by atoms with Crippen LogP contribution < -0.4 is 16.8 Å². The first-order chi connectivity index (χ1) is 32.9. The number of aliphatic hydroxyl groups is 1. The van der Waals surface area contributed by atoms with Gasteiger partial charge in [0.05, 0.1) is 19.2 Å². The number of hydrogen-bond donors (Lipinski definition) is 4. The zero-order valence-electron chi connectivity index (χ0n) is 42.7. The van der Waals surface area contributed by atoms with E-state index in [0.29, 0.717) is 42.8 Å². The normalized spacial score (nSPS) is 27.4. The van der Waals surface area contributed by atoms with E-state index in [2.05, 4.69) is 50.4 Å². The molecule has 380 valence electrons. The summed E-state index contributed by atoms with van der Waals surface area (Å²) in [4.78, 5) is 55.4. The monoisotopic (exact) mass is 941 g/mol. The van der Waals surface area contributed by atoms with Crippen LogP contribution in [0.1, 0.15) is 218 Å². The van der Waals surface area contributed by atoms with Gasteiger partial charge in [-0.1, -0.05) is 180 Å². The van der Waals surface area contributed by atoms with Gasteiger partial charge in [0.15, 0.2) is 11.9 Å². The van der Waals surface area contributed by atoms with Gasteiger partial charge in [0.2, 0.25) is 0 Å². The SMILES string of the molecule is CC(C)C[C@H](CO)N1C(=O)[C@@](CCC2CCCCC2)(CC2CCCCC2)N=C1N.CCC[C@H]1CN(Cc2ccc(CN3C(=O)[C@@](CCC4CCCCC4)(CC4CCCCC4)N=C3N)cc2)C(=O)N1. The van der Waals surface area contributed by atoms with Gasteiger partial charge in [0, 0.05) is 19.1 Å². The van der Waals surface area contributed by atoms with Gasteiger partial charge in [-0.3, -0.25) is 19.4 Å². The molecule has 4 aliphatic carbocycles. The summed E-state index contributed by atoms with van der Waals surface area (Å²) in [6.45, 7) is 8.14. The van der Waals surface area contributed by atoms with E-state index in [0.717, 1.165) is 87.3 Å². The summed E-state index contributed by atoms with van der Waals surface area (Å²) < 4.78 is 0. The van der Waals surface area contributed by atoms with Crippen LogP contribution in [-0.2, 0) is 22.7 Å². The largest absolute Gasteiger partial charge is 0.394 e. The molecule has 4 atom stereocenters. The molecule has 0 spiro atoms. The van der Waals surface area contributed by atoms with Crippen LogP contribution >= 0.6 is 0 Å². The van der Waals surface area contributed by atoms with Crippen LogP contribution in [0.4, 0.5) is 4.79 Å². The Hall–Kier alpha value is -3.67. The minimum absolute atomic E-state index is 0.0201. The predicted molar refractivity (Wildman–Crippen MR) is 275 cm³/mol. The molecule has 3 heterocycles. The molecule has 7 aliphatic rings. The minimum atomic E-state index is -0.687. The number of amides is 4. The number of nitrogens with two attached hydrogens (primary N) is 2. The summed E-state index contributed by atoms with van der Waals surface area (Å²) in [5.41, 5.74) is 13.6. The van der Waals surface area contributed by atoms with E-state index < -0.39 is 11.1 Å². The van der Waals surface area contributed by atoms with Crippen molar-refractivity contribution in [3.05, 3.63) is 35.4 Å². The summed E-state index contributed by atoms with van der Waals surface area (Å²) in [7, 11) is 0. The summed E-state index contributed by atoms with van der Waals surface area (Å²) in [6.07, 6.45) is 34.1. The standard InChI is InChI=1S/C32H49N5O2.C24H43N3O2/c1-2-9-28-23-36(31(39)34-28)21-26-14-16-27(17-15-26)22-37-29(38)32(35-30(37)33,20-25-12-7-4-8-13-25)19-18-24-10-5-3-6-11-24;1-18(2)15-21(17-28)27-22(29)24(26-23(27)25,16-20-11-7-4-8-12-20)14-13-19-9-5-3-6-10-19/h14-17,24-25,28H,2-13,18-23H2,1H3,(H2,33,35)(H,34,39);18-21,28H,3-17H2,1-2H3,(H2,25,26)/t28-,32+;21-,24-/m01/s1. The lowest BCUT2D eigenvalue weighted by molar-refractivity contribution is -0.135. The highest BCUT2D eigenvalue weighted by atomic mass is 16.3. The number of aliphatic imine (C=N–C) groups is 2. The molecule has 12 heteroatoms. The van der Waals surface area contributed by atoms with E-state index >= 15 is 0 Å². The number of rotatable bonds is 20. The Morgan fingerprint density at radius 2 is 1.10 bits per heavy atom. The van der Waals surface area contributed by atoms with Crippen molar-refractivity contribution in [3.63, 3.8) is 0 Å². The van der Waals surface area contributed by atoms with Crippen LogP contribution in [0.2, 0.25) is 0 Å². The molecular weight excluding hydrogens is 849 g/mol. The average Bonchev–Trinajstić information content (AvgIpc) is 3.90. The molecule has 1 aromatic carbocycles. The van der Waals surface area contributed by atoms with E-state index in [-0.39, 0.29) is 36.5 Å². The molecule has 0 radical (unpaired) electrons. The molecule has 1 saturated heterocycles. The van der Waals surface area contributed by atoms with Crippen molar-refractivity contribution in [2.24, 2.45) is 51.0 Å². The second kappa shape index (κ2) is 24.9. The molecule has 0 aromatic heterocycles. The smallest absolute Gasteiger partial charge is 0.318 e. The third-order valence-corrected chi connectivity index (χ3v) is 17.3. The highest BCUT2D eigenvalue weighted by Crippen LogP contribution is 2.43. The fourth-order valence-electron chi connectivity index (χ4n) is 13.5. The van der Waals surface area contributed by atoms with Gasteiger partial charge in [0.1, 0.15) is 11.1 Å². The molecule has 0 unspecified atom stereocenters. The van der Waals surface area contributed by atoms with Crippen molar-refractivity contribution in [2.75, 3.05) is 13.2 Å². The number of carbonyl (C=O) groups excluding carboxylic acids is 3. The Balaban J connectivity index is 0.000000211. The lowest BCUT2D eigenvalue weighted by atomic mass is 9.75. The second-order valence-corrected chi connectivity index (χ2v) is 23.2. The Labute approximate surface area is 410 Å². The van der Waals surface area contributed by atoms with E-state index in [1.54, 1.807) is 9.80 Å². The zero-order chi connectivity index (χ0) is 48.1. The van der Waals surface area contributed by atoms with Crippen molar-refractivity contribution < 1.29 is 19.5 Å². The van der Waals surface area contributed by atoms with Gasteiger partial charge in [-0.25, -0.2) is 14.8 Å². The number of guanidine groups is 2. The van der Waals surface area contributed by atoms with Gasteiger partial charge >= 0.3 is 6.03 Å². The van der Waals surface area contributed by atoms with Crippen molar-refractivity contribution in [1.82, 2.24) is 20.0 Å². The van der Waals surface area contributed by atoms with Crippen molar-refractivity contribution in [1.29, 1.82) is 0 Å². The van der Waals surface area contributed by atoms with Crippen LogP contribution in [0.25, 0.3) is 0 Å². The summed E-state index contributed by atoms with van der Waals surface area (Å²) in [5, 5.41) is 13.1. The molecule has 68 heavy (non-hydrogen) atoms. The molecule has 1 aromatic rings. The number of nitrogens with one attached hydrogen (secondary N) is 1. The summed E-state index contributed by atoms with van der Waals surface area (Å²) >= 11 is 0. The van der Waals surface area contributed by atoms with Gasteiger partial charge in [0.25, 0.3) is 11.8 Å². The molecule has 5 fully saturated rings. The first-order valence-electron chi connectivity index (χ1n) is 28.0. The Morgan fingerprint density at radius 1 is 0.647 bits per heavy atom. The molecule has 4 amide bonds. The van der Waals surface area contributed by atoms with Gasteiger partial charge in [-0.2, -0.15) is 0 Å². The van der Waals surface area contributed by atoms with Crippen LogP contribution in [0.3, 0.4) is 0 Å². The number of nitrogens with zero attached hydrogens (tertiary/aromatic N) is 5. The first-order valence-corrected chi connectivity index (χ1v) is 28.0. The van der Waals surface area contributed by atoms with Gasteiger partial charge < -0.3 is 26.8 Å². The number of carbonyl (C=O) groups is 3. The molecule has 12 nitrogen and oxygen atoms in total. The number of urea groups is 1. The lowest BCUT2D eigenvalue weighted by Crippen LogP contribution is -2.51. The van der Waals surface area contributed by atoms with Crippen LogP contribution in [0.15, 0.2) is 34.3 Å². The van der Waals surface area contributed by atoms with Crippen molar-refractivity contribution in [2.45, 2.75) is 243 Å². The molecular formula is C56H92N8O4. The molecule has 3 aliphatic heterocycles. The quantitative estimate of drug-likeness (QED) is 0.101. The maximum absolute atomic E-state index is 14.1. The minimum Gasteiger partial charge on any atom is -0.394 e.